The van der Waals surface area contributed by atoms with Crippen LogP contribution in [0, 0.1) is 0 Å². The van der Waals surface area contributed by atoms with Crippen molar-refractivity contribution in [3.63, 3.8) is 0 Å². The van der Waals surface area contributed by atoms with Gasteiger partial charge in [-0.05, 0) is 37.6 Å². The summed E-state index contributed by atoms with van der Waals surface area (Å²) in [5, 5.41) is 9.94. The first-order valence-electron chi connectivity index (χ1n) is 11.9. The van der Waals surface area contributed by atoms with Crippen molar-refractivity contribution in [1.82, 2.24) is 5.06 Å². The summed E-state index contributed by atoms with van der Waals surface area (Å²) in [7, 11) is 1.17. The summed E-state index contributed by atoms with van der Waals surface area (Å²) in [5.74, 6) is -2.73. The molecule has 0 aromatic heterocycles. The number of carbonyl (C=O) groups excluding carboxylic acids is 5. The van der Waals surface area contributed by atoms with Crippen molar-refractivity contribution < 1.29 is 48.1 Å². The predicted molar refractivity (Wildman–Crippen MR) is 134 cm³/mol. The number of nitrogens with zero attached hydrogens (tertiary/aromatic N) is 2. The molecule has 0 atom stereocenters. The lowest BCUT2D eigenvalue weighted by Gasteiger charge is -2.17. The van der Waals surface area contributed by atoms with Crippen LogP contribution in [0.25, 0.3) is 11.1 Å². The lowest BCUT2D eigenvalue weighted by atomic mass is 10.1. The zero-order valence-corrected chi connectivity index (χ0v) is 21.3. The molecule has 1 aromatic carbocycles. The number of anilines is 1. The maximum Gasteiger partial charge on any atom is 0.513 e. The van der Waals surface area contributed by atoms with Gasteiger partial charge in [-0.1, -0.05) is 30.3 Å². The summed E-state index contributed by atoms with van der Waals surface area (Å²) in [4.78, 5) is 64.8. The molecule has 0 fully saturated rings. The van der Waals surface area contributed by atoms with Crippen molar-refractivity contribution >= 4 is 35.7 Å². The third kappa shape index (κ3) is 5.22. The number of benzene rings is 1. The SMILES string of the molecule is CCOC(=O)Oc1c2cccc(CC(=O)N(C)O)cc-2c(OC(=O)OCC)c1N1C(=O)c2ccccc2C1=O. The van der Waals surface area contributed by atoms with Crippen molar-refractivity contribution in [2.75, 3.05) is 25.2 Å². The number of imide groups is 1. The van der Waals surface area contributed by atoms with E-state index in [1.54, 1.807) is 32.0 Å². The second-order valence-electron chi connectivity index (χ2n) is 8.23. The van der Waals surface area contributed by atoms with E-state index in [1.807, 2.05) is 0 Å². The van der Waals surface area contributed by atoms with E-state index in [9.17, 15) is 29.2 Å². The Balaban J connectivity index is 2.00. The molecule has 0 saturated carbocycles. The molecule has 1 aromatic rings. The normalized spacial score (nSPS) is 12.3. The second-order valence-corrected chi connectivity index (χ2v) is 8.23. The van der Waals surface area contributed by atoms with E-state index in [4.69, 9.17) is 18.9 Å². The number of hydrogen-bond acceptors (Lipinski definition) is 10. The molecule has 0 radical (unpaired) electrons. The van der Waals surface area contributed by atoms with Gasteiger partial charge in [0.15, 0.2) is 11.5 Å². The number of amides is 3. The van der Waals surface area contributed by atoms with E-state index < -0.39 is 30.0 Å². The number of hydrogen-bond donors (Lipinski definition) is 1. The zero-order valence-electron chi connectivity index (χ0n) is 21.3. The summed E-state index contributed by atoms with van der Waals surface area (Å²) in [5.41, 5.74) is 0.512. The molecule has 39 heavy (non-hydrogen) atoms. The van der Waals surface area contributed by atoms with Crippen LogP contribution in [0.1, 0.15) is 40.1 Å². The molecule has 0 spiro atoms. The first kappa shape index (κ1) is 27.1. The monoisotopic (exact) mass is 536 g/mol. The molecule has 1 N–H and O–H groups in total. The minimum atomic E-state index is -1.15. The van der Waals surface area contributed by atoms with Crippen LogP contribution in [0.15, 0.2) is 48.5 Å². The number of hydroxylamine groups is 2. The van der Waals surface area contributed by atoms with Crippen LogP contribution in [0.4, 0.5) is 15.3 Å². The van der Waals surface area contributed by atoms with Gasteiger partial charge in [-0.2, -0.15) is 0 Å². The van der Waals surface area contributed by atoms with Crippen molar-refractivity contribution in [2.45, 2.75) is 20.3 Å². The fourth-order valence-corrected chi connectivity index (χ4v) is 4.08. The smallest absolute Gasteiger partial charge is 0.434 e. The Labute approximate surface area is 222 Å². The summed E-state index contributed by atoms with van der Waals surface area (Å²) >= 11 is 0. The van der Waals surface area contributed by atoms with Crippen LogP contribution in [0.5, 0.6) is 11.5 Å². The van der Waals surface area contributed by atoms with Gasteiger partial charge >= 0.3 is 12.3 Å². The molecule has 12 nitrogen and oxygen atoms in total. The van der Waals surface area contributed by atoms with Gasteiger partial charge in [-0.15, -0.1) is 0 Å². The van der Waals surface area contributed by atoms with Crippen molar-refractivity contribution in [1.29, 1.82) is 0 Å². The quantitative estimate of drug-likeness (QED) is 0.203. The Bertz CT molecular complexity index is 1410. The van der Waals surface area contributed by atoms with Crippen molar-refractivity contribution in [3.8, 4) is 22.6 Å². The Kier molecular flexibility index (Phi) is 7.77. The van der Waals surface area contributed by atoms with E-state index in [2.05, 4.69) is 0 Å². The number of ether oxygens (including phenoxy) is 4. The highest BCUT2D eigenvalue weighted by Gasteiger charge is 2.43. The molecule has 0 unspecified atom stereocenters. The topological polar surface area (TPSA) is 149 Å². The molecular weight excluding hydrogens is 512 g/mol. The minimum Gasteiger partial charge on any atom is -0.434 e. The van der Waals surface area contributed by atoms with Crippen LogP contribution in [0.2, 0.25) is 0 Å². The Morgan fingerprint density at radius 1 is 0.795 bits per heavy atom. The highest BCUT2D eigenvalue weighted by atomic mass is 16.7. The van der Waals surface area contributed by atoms with Crippen molar-refractivity contribution in [2.24, 2.45) is 0 Å². The highest BCUT2D eigenvalue weighted by molar-refractivity contribution is 6.36. The van der Waals surface area contributed by atoms with Gasteiger partial charge in [0.25, 0.3) is 11.8 Å². The maximum absolute atomic E-state index is 13.4. The van der Waals surface area contributed by atoms with E-state index >= 15 is 0 Å². The van der Waals surface area contributed by atoms with Gasteiger partial charge in [0.1, 0.15) is 5.69 Å². The van der Waals surface area contributed by atoms with Crippen LogP contribution in [-0.4, -0.2) is 60.6 Å². The van der Waals surface area contributed by atoms with Crippen LogP contribution in [0.3, 0.4) is 0 Å². The third-order valence-corrected chi connectivity index (χ3v) is 5.74. The lowest BCUT2D eigenvalue weighted by molar-refractivity contribution is -0.158. The molecule has 3 aliphatic rings. The van der Waals surface area contributed by atoms with Gasteiger partial charge in [-0.3, -0.25) is 19.6 Å². The number of carbonyl (C=O) groups is 5. The van der Waals surface area contributed by atoms with Gasteiger partial charge in [0.05, 0.1) is 30.8 Å². The van der Waals surface area contributed by atoms with E-state index in [0.29, 0.717) is 10.6 Å². The number of fused-ring (bicyclic) bond motifs is 2. The molecule has 1 heterocycles. The first-order valence-corrected chi connectivity index (χ1v) is 11.9. The lowest BCUT2D eigenvalue weighted by Crippen LogP contribution is -2.30. The zero-order chi connectivity index (χ0) is 28.3. The highest BCUT2D eigenvalue weighted by Crippen LogP contribution is 2.55. The summed E-state index contributed by atoms with van der Waals surface area (Å²) in [6.07, 6.45) is -2.53. The summed E-state index contributed by atoms with van der Waals surface area (Å²) in [6, 6.07) is 12.1. The average molecular weight is 536 g/mol. The molecule has 0 saturated heterocycles. The molecular formula is C27H24N2O10. The van der Waals surface area contributed by atoms with Crippen LogP contribution in [-0.2, 0) is 20.7 Å². The molecule has 0 bridgehead atoms. The summed E-state index contributed by atoms with van der Waals surface area (Å²) in [6.45, 7) is 3.05. The van der Waals surface area contributed by atoms with Gasteiger partial charge < -0.3 is 18.9 Å². The minimum absolute atomic E-state index is 0.0271. The summed E-state index contributed by atoms with van der Waals surface area (Å²) < 4.78 is 20.8. The number of rotatable bonds is 7. The average Bonchev–Trinajstić information content (AvgIpc) is 3.17. The number of likely N-dealkylation sites (N-methyl/N-ethyl adjacent to an activating group) is 1. The fourth-order valence-electron chi connectivity index (χ4n) is 4.08. The molecule has 4 rings (SSSR count). The van der Waals surface area contributed by atoms with Crippen molar-refractivity contribution in [3.05, 3.63) is 65.2 Å². The molecule has 3 amide bonds. The predicted octanol–water partition coefficient (Wildman–Crippen LogP) is 4.05. The standard InChI is InChI=1S/C27H24N2O10/c1-4-36-26(33)38-22-16-12-8-9-15(14-20(30)28(3)35)13-19(16)23(39-27(34)37-5-2)21(22)29-24(31)17-10-6-7-11-18(17)25(29)32/h6-13,35H,4-5,14H2,1-3H3. The van der Waals surface area contributed by atoms with Gasteiger partial charge in [0, 0.05) is 18.2 Å². The first-order chi connectivity index (χ1) is 18.7. The molecule has 202 valence electrons. The van der Waals surface area contributed by atoms with Gasteiger partial charge in [0.2, 0.25) is 5.91 Å². The van der Waals surface area contributed by atoms with E-state index in [-0.39, 0.29) is 59.1 Å². The Morgan fingerprint density at radius 2 is 1.31 bits per heavy atom. The largest absolute Gasteiger partial charge is 0.513 e. The Hall–Kier alpha value is -4.97. The fraction of sp³-hybridized carbons (Fsp3) is 0.222. The Morgan fingerprint density at radius 3 is 1.82 bits per heavy atom. The molecule has 12 heteroatoms. The van der Waals surface area contributed by atoms with Crippen LogP contribution < -0.4 is 14.4 Å². The third-order valence-electron chi connectivity index (χ3n) is 5.74. The van der Waals surface area contributed by atoms with E-state index in [1.165, 1.54) is 37.4 Å². The van der Waals surface area contributed by atoms with E-state index in [0.717, 1.165) is 4.90 Å². The maximum atomic E-state index is 13.4. The second kappa shape index (κ2) is 11.2. The van der Waals surface area contributed by atoms with Gasteiger partial charge in [-0.25, -0.2) is 19.6 Å². The molecule has 2 aliphatic carbocycles. The molecule has 1 aliphatic heterocycles. The van der Waals surface area contributed by atoms with Crippen LogP contribution >= 0.6 is 0 Å².